The first-order valence-corrected chi connectivity index (χ1v) is 8.12. The Morgan fingerprint density at radius 1 is 1.12 bits per heavy atom. The molecule has 0 amide bonds. The minimum Gasteiger partial charge on any atom is -0.226 e. The van der Waals surface area contributed by atoms with E-state index in [1.165, 1.54) is 31.3 Å². The molecule has 0 spiro atoms. The average Bonchev–Trinajstić information content (AvgIpc) is 2.25. The van der Waals surface area contributed by atoms with Gasteiger partial charge in [-0.1, -0.05) is 23.0 Å². The van der Waals surface area contributed by atoms with Crippen LogP contribution >= 0.6 is 0 Å². The van der Waals surface area contributed by atoms with Crippen molar-refractivity contribution in [2.45, 2.75) is 9.48 Å². The monoisotopic (exact) mass is 274 g/mol. The molecule has 7 heteroatoms. The second-order valence-corrected chi connectivity index (χ2v) is 7.83. The lowest BCUT2D eigenvalue weighted by molar-refractivity contribution is 0.586. The molecule has 0 aliphatic carbocycles. The molecule has 92 valence electrons. The number of nitrogens with zero attached hydrogens (tertiary/aromatic N) is 1. The van der Waals surface area contributed by atoms with Crippen molar-refractivity contribution in [2.75, 3.05) is 13.3 Å². The van der Waals surface area contributed by atoms with Gasteiger partial charge >= 0.3 is 6.07 Å². The lowest BCUT2D eigenvalue weighted by atomic mass is 10.4. The molecule has 0 bridgehead atoms. The molecule has 1 unspecified atom stereocenters. The zero-order valence-corrected chi connectivity index (χ0v) is 11.0. The van der Waals surface area contributed by atoms with E-state index in [4.69, 9.17) is 0 Å². The van der Waals surface area contributed by atoms with Crippen molar-refractivity contribution in [1.82, 2.24) is 0 Å². The Kier molecular flexibility index (Phi) is 3.91. The minimum atomic E-state index is -4.01. The van der Waals surface area contributed by atoms with Crippen molar-refractivity contribution < 1.29 is 16.8 Å². The lowest BCUT2D eigenvalue weighted by Gasteiger charge is -2.06. The summed E-state index contributed by atoms with van der Waals surface area (Å²) in [7, 11) is -6.56. The summed E-state index contributed by atoms with van der Waals surface area (Å²) in [6, 6.07) is 9.48. The van der Waals surface area contributed by atoms with E-state index in [-0.39, 0.29) is 4.90 Å². The summed E-state index contributed by atoms with van der Waals surface area (Å²) in [5.74, 6) is 0. The number of hydrogen-bond acceptors (Lipinski definition) is 4. The molecule has 5 nitrogen and oxygen atoms in total. The summed E-state index contributed by atoms with van der Waals surface area (Å²) < 4.78 is 45.3. The van der Waals surface area contributed by atoms with Crippen LogP contribution in [-0.2, 0) is 19.7 Å². The van der Waals surface area contributed by atoms with Crippen LogP contribution < -0.4 is 0 Å². The van der Waals surface area contributed by atoms with Gasteiger partial charge in [-0.3, -0.25) is 0 Å². The normalized spacial score (nSPS) is 13.5. The van der Waals surface area contributed by atoms with Crippen LogP contribution in [0.2, 0.25) is 0 Å². The van der Waals surface area contributed by atoms with Gasteiger partial charge in [0.2, 0.25) is 9.84 Å². The fraction of sp³-hybridized carbons (Fsp3) is 0.300. The summed E-state index contributed by atoms with van der Waals surface area (Å²) in [5, 5.41) is 0. The zero-order valence-electron chi connectivity index (χ0n) is 9.36. The third-order valence-corrected chi connectivity index (χ3v) is 6.27. The van der Waals surface area contributed by atoms with E-state index in [0.29, 0.717) is 0 Å². The van der Waals surface area contributed by atoms with Crippen LogP contribution in [0.1, 0.15) is 0 Å². The SMILES string of the molecule is C[N+]#CC(S(C)(=O)=O)S(=O)(=O)c1ccccc1. The molecule has 0 saturated carbocycles. The van der Waals surface area contributed by atoms with Crippen LogP contribution in [0.4, 0.5) is 0 Å². The van der Waals surface area contributed by atoms with E-state index in [1.54, 1.807) is 6.07 Å². The van der Waals surface area contributed by atoms with Crippen LogP contribution in [-0.4, -0.2) is 34.7 Å². The summed E-state index contributed by atoms with van der Waals surface area (Å²) in [6.45, 7) is 0. The molecule has 0 aromatic heterocycles. The lowest BCUT2D eigenvalue weighted by Crippen LogP contribution is -2.28. The van der Waals surface area contributed by atoms with Crippen LogP contribution in [0.15, 0.2) is 35.2 Å². The van der Waals surface area contributed by atoms with Crippen molar-refractivity contribution in [3.8, 4) is 6.07 Å². The average molecular weight is 274 g/mol. The number of sulfone groups is 2. The van der Waals surface area contributed by atoms with Crippen molar-refractivity contribution in [1.29, 1.82) is 0 Å². The molecule has 0 N–H and O–H groups in total. The highest BCUT2D eigenvalue weighted by atomic mass is 32.3. The van der Waals surface area contributed by atoms with E-state index in [2.05, 4.69) is 10.9 Å². The van der Waals surface area contributed by atoms with Crippen LogP contribution in [0, 0.1) is 6.07 Å². The van der Waals surface area contributed by atoms with E-state index in [0.717, 1.165) is 6.26 Å². The summed E-state index contributed by atoms with van der Waals surface area (Å²) >= 11 is 0. The van der Waals surface area contributed by atoms with Crippen LogP contribution in [0.3, 0.4) is 0 Å². The standard InChI is InChI=1S/C10H12NO4S2/c1-11-8-10(16(2,12)13)17(14,15)9-6-4-3-5-7-9/h3-7,10H,1-2H3/q+1. The van der Waals surface area contributed by atoms with Gasteiger partial charge in [0, 0.05) is 6.26 Å². The van der Waals surface area contributed by atoms with Crippen molar-refractivity contribution in [2.24, 2.45) is 0 Å². The maximum atomic E-state index is 12.1. The summed E-state index contributed by atoms with van der Waals surface area (Å²) in [6.07, 6.45) is 0.844. The quantitative estimate of drug-likeness (QED) is 0.817. The van der Waals surface area contributed by atoms with Gasteiger partial charge in [0.15, 0.2) is 9.84 Å². The fourth-order valence-electron chi connectivity index (χ4n) is 1.23. The van der Waals surface area contributed by atoms with Gasteiger partial charge in [-0.15, -0.1) is 0 Å². The topological polar surface area (TPSA) is 72.6 Å². The number of benzene rings is 1. The van der Waals surface area contributed by atoms with Gasteiger partial charge in [0.25, 0.3) is 11.6 Å². The Hall–Kier alpha value is -1.39. The molecule has 1 atom stereocenters. The third kappa shape index (κ3) is 3.05. The van der Waals surface area contributed by atoms with Gasteiger partial charge < -0.3 is 0 Å². The molecular formula is C10H12NO4S2+. The van der Waals surface area contributed by atoms with E-state index in [9.17, 15) is 16.8 Å². The molecule has 17 heavy (non-hydrogen) atoms. The molecule has 0 heterocycles. The highest BCUT2D eigenvalue weighted by Crippen LogP contribution is 2.18. The molecule has 1 aromatic rings. The first-order valence-electron chi connectivity index (χ1n) is 4.62. The second-order valence-electron chi connectivity index (χ2n) is 3.37. The molecule has 0 saturated heterocycles. The Balaban J connectivity index is 3.43. The van der Waals surface area contributed by atoms with Gasteiger partial charge in [-0.05, 0) is 12.1 Å². The fourth-order valence-corrected chi connectivity index (χ4v) is 4.73. The molecule has 0 fully saturated rings. The van der Waals surface area contributed by atoms with Crippen molar-refractivity contribution >= 4 is 19.7 Å². The molecule has 0 aliphatic heterocycles. The summed E-state index contributed by atoms with van der Waals surface area (Å²) in [4.78, 5) is 3.32. The highest BCUT2D eigenvalue weighted by molar-refractivity contribution is 8.09. The van der Waals surface area contributed by atoms with Crippen molar-refractivity contribution in [3.63, 3.8) is 0 Å². The molecule has 1 aromatic carbocycles. The number of rotatable bonds is 3. The first-order chi connectivity index (χ1) is 7.80. The second kappa shape index (κ2) is 4.85. The Labute approximate surface area is 101 Å². The predicted molar refractivity (Wildman–Crippen MR) is 65.4 cm³/mol. The van der Waals surface area contributed by atoms with E-state index < -0.39 is 24.3 Å². The zero-order chi connectivity index (χ0) is 13.1. The Morgan fingerprint density at radius 3 is 2.06 bits per heavy atom. The van der Waals surface area contributed by atoms with E-state index in [1.807, 2.05) is 0 Å². The van der Waals surface area contributed by atoms with Gasteiger partial charge in [0.1, 0.15) is 0 Å². The first kappa shape index (κ1) is 13.7. The van der Waals surface area contributed by atoms with Gasteiger partial charge in [-0.25, -0.2) is 16.8 Å². The van der Waals surface area contributed by atoms with E-state index >= 15 is 0 Å². The minimum absolute atomic E-state index is 0.0634. The summed E-state index contributed by atoms with van der Waals surface area (Å²) in [5.41, 5.74) is 0. The van der Waals surface area contributed by atoms with Crippen LogP contribution in [0.5, 0.6) is 0 Å². The van der Waals surface area contributed by atoms with Crippen molar-refractivity contribution in [3.05, 3.63) is 35.2 Å². The third-order valence-electron chi connectivity index (χ3n) is 1.98. The molecular weight excluding hydrogens is 262 g/mol. The number of hydrogen-bond donors (Lipinski definition) is 0. The largest absolute Gasteiger partial charge is 0.309 e. The highest BCUT2D eigenvalue weighted by Gasteiger charge is 2.39. The smallest absolute Gasteiger partial charge is 0.226 e. The van der Waals surface area contributed by atoms with Crippen LogP contribution in [0.25, 0.3) is 4.85 Å². The molecule has 0 radical (unpaired) electrons. The Bertz CT molecular complexity index is 651. The molecule has 1 rings (SSSR count). The van der Waals surface area contributed by atoms with Gasteiger partial charge in [0.05, 0.1) is 4.90 Å². The predicted octanol–water partition coefficient (Wildman–Crippen LogP) is 0.794. The maximum Gasteiger partial charge on any atom is 0.309 e. The molecule has 0 aliphatic rings. The van der Waals surface area contributed by atoms with Gasteiger partial charge in [-0.2, -0.15) is 0 Å². The Morgan fingerprint density at radius 2 is 1.65 bits per heavy atom. The maximum absolute atomic E-state index is 12.1.